The highest BCUT2D eigenvalue weighted by molar-refractivity contribution is 5.84. The quantitative estimate of drug-likeness (QED) is 0.369. The van der Waals surface area contributed by atoms with Crippen LogP contribution in [0.1, 0.15) is 87.5 Å². The molecule has 0 amide bonds. The van der Waals surface area contributed by atoms with Crippen molar-refractivity contribution in [1.82, 2.24) is 10.1 Å². The lowest BCUT2D eigenvalue weighted by molar-refractivity contribution is -0.279. The fourth-order valence-electron chi connectivity index (χ4n) is 8.45. The van der Waals surface area contributed by atoms with Gasteiger partial charge in [0.1, 0.15) is 12.2 Å². The first-order valence-electron chi connectivity index (χ1n) is 13.8. The number of fused-ring (bicyclic) bond motifs is 2. The minimum absolute atomic E-state index is 0.0263. The molecule has 37 heavy (non-hydrogen) atoms. The number of piperidine rings is 2. The van der Waals surface area contributed by atoms with Crippen LogP contribution in [0.2, 0.25) is 0 Å². The lowest BCUT2D eigenvalue weighted by Crippen LogP contribution is -2.62. The minimum Gasteiger partial charge on any atom is -0.462 e. The summed E-state index contributed by atoms with van der Waals surface area (Å²) in [5, 5.41) is 4.01. The van der Waals surface area contributed by atoms with Gasteiger partial charge in [-0.05, 0) is 73.6 Å². The van der Waals surface area contributed by atoms with Crippen LogP contribution in [0.5, 0.6) is 0 Å². The SMILES string of the molecule is CON1C(C)(C)CC(OC(=O)C2C3C=CC(C3)C2C(=O)OC2CC(C)(C)N(OC)C(C)(C)C2)CC1(C)C. The van der Waals surface area contributed by atoms with Crippen LogP contribution in [0, 0.1) is 23.7 Å². The molecule has 8 nitrogen and oxygen atoms in total. The van der Waals surface area contributed by atoms with E-state index < -0.39 is 11.8 Å². The standard InChI is InChI=1S/C29H48N2O6/c1-26(2)14-20(15-27(3,4)30(26)34-9)36-24(32)22-18-11-12-19(13-18)23(22)25(33)37-21-16-28(5,6)31(35-10)29(7,8)17-21/h11-12,18-23H,13-17H2,1-10H3. The summed E-state index contributed by atoms with van der Waals surface area (Å²) < 4.78 is 12.3. The van der Waals surface area contributed by atoms with Crippen molar-refractivity contribution in [3.8, 4) is 0 Å². The molecular weight excluding hydrogens is 472 g/mol. The highest BCUT2D eigenvalue weighted by Crippen LogP contribution is 2.50. The van der Waals surface area contributed by atoms with Gasteiger partial charge in [0.15, 0.2) is 0 Å². The number of hydrogen-bond acceptors (Lipinski definition) is 8. The summed E-state index contributed by atoms with van der Waals surface area (Å²) in [6.07, 6.45) is 7.20. The van der Waals surface area contributed by atoms with E-state index in [1.54, 1.807) is 14.2 Å². The third-order valence-electron chi connectivity index (χ3n) is 9.04. The normalized spacial score (nSPS) is 35.0. The summed E-state index contributed by atoms with van der Waals surface area (Å²) in [5.41, 5.74) is -1.15. The van der Waals surface area contributed by atoms with Crippen LogP contribution in [0.4, 0.5) is 0 Å². The molecule has 0 N–H and O–H groups in total. The van der Waals surface area contributed by atoms with Crippen LogP contribution >= 0.6 is 0 Å². The maximum Gasteiger partial charge on any atom is 0.310 e. The molecule has 1 saturated carbocycles. The Hall–Kier alpha value is -1.48. The zero-order chi connectivity index (χ0) is 27.6. The van der Waals surface area contributed by atoms with Gasteiger partial charge in [0, 0.05) is 47.8 Å². The van der Waals surface area contributed by atoms with Crippen LogP contribution in [0.15, 0.2) is 12.2 Å². The predicted octanol–water partition coefficient (Wildman–Crippen LogP) is 4.68. The molecule has 0 aromatic rings. The Morgan fingerprint density at radius 3 is 1.19 bits per heavy atom. The topological polar surface area (TPSA) is 77.5 Å². The van der Waals surface area contributed by atoms with Gasteiger partial charge in [-0.1, -0.05) is 12.2 Å². The number of carbonyl (C=O) groups excluding carboxylic acids is 2. The van der Waals surface area contributed by atoms with E-state index in [4.69, 9.17) is 19.1 Å². The van der Waals surface area contributed by atoms with Crippen molar-refractivity contribution in [2.75, 3.05) is 14.2 Å². The van der Waals surface area contributed by atoms with Crippen LogP contribution < -0.4 is 0 Å². The van der Waals surface area contributed by atoms with Crippen molar-refractivity contribution in [2.24, 2.45) is 23.7 Å². The molecule has 4 unspecified atom stereocenters. The predicted molar refractivity (Wildman–Crippen MR) is 140 cm³/mol. The molecule has 210 valence electrons. The molecule has 4 atom stereocenters. The molecule has 0 aromatic carbocycles. The van der Waals surface area contributed by atoms with Crippen LogP contribution in [-0.2, 0) is 28.7 Å². The van der Waals surface area contributed by atoms with Crippen molar-refractivity contribution in [3.05, 3.63) is 12.2 Å². The zero-order valence-electron chi connectivity index (χ0n) is 24.5. The molecule has 2 heterocycles. The molecule has 3 fully saturated rings. The molecule has 4 rings (SSSR count). The number of rotatable bonds is 6. The Morgan fingerprint density at radius 1 is 0.622 bits per heavy atom. The third-order valence-corrected chi connectivity index (χ3v) is 9.04. The molecule has 2 aliphatic heterocycles. The molecule has 4 aliphatic rings. The van der Waals surface area contributed by atoms with E-state index in [0.29, 0.717) is 25.7 Å². The van der Waals surface area contributed by atoms with E-state index in [2.05, 4.69) is 67.5 Å². The van der Waals surface area contributed by atoms with Crippen molar-refractivity contribution < 1.29 is 28.7 Å². The van der Waals surface area contributed by atoms with Gasteiger partial charge in [-0.15, -0.1) is 0 Å². The lowest BCUT2D eigenvalue weighted by atomic mass is 9.79. The number of hydroxylamine groups is 4. The first-order chi connectivity index (χ1) is 17.0. The maximum atomic E-state index is 13.6. The van der Waals surface area contributed by atoms with Crippen molar-refractivity contribution in [1.29, 1.82) is 0 Å². The van der Waals surface area contributed by atoms with Crippen molar-refractivity contribution in [2.45, 2.75) is 122 Å². The summed E-state index contributed by atoms with van der Waals surface area (Å²) in [6, 6.07) is 0. The first-order valence-corrected chi connectivity index (χ1v) is 13.8. The first kappa shape index (κ1) is 28.5. The number of ether oxygens (including phenoxy) is 2. The highest BCUT2D eigenvalue weighted by Gasteiger charge is 2.56. The second-order valence-electron chi connectivity index (χ2n) is 14.1. The average Bonchev–Trinajstić information content (AvgIpc) is 3.32. The summed E-state index contributed by atoms with van der Waals surface area (Å²) >= 11 is 0. The Labute approximate surface area is 222 Å². The molecule has 0 spiro atoms. The van der Waals surface area contributed by atoms with Crippen molar-refractivity contribution in [3.63, 3.8) is 0 Å². The van der Waals surface area contributed by atoms with E-state index in [1.807, 2.05) is 10.1 Å². The summed E-state index contributed by atoms with van der Waals surface area (Å²) in [5.74, 6) is -1.47. The van der Waals surface area contributed by atoms with Gasteiger partial charge in [-0.3, -0.25) is 9.59 Å². The van der Waals surface area contributed by atoms with E-state index in [0.717, 1.165) is 6.42 Å². The summed E-state index contributed by atoms with van der Waals surface area (Å²) in [7, 11) is 3.38. The van der Waals surface area contributed by atoms with Gasteiger partial charge in [0.05, 0.1) is 26.1 Å². The summed E-state index contributed by atoms with van der Waals surface area (Å²) in [4.78, 5) is 38.7. The van der Waals surface area contributed by atoms with Gasteiger partial charge in [-0.2, -0.15) is 10.1 Å². The number of nitrogens with zero attached hydrogens (tertiary/aromatic N) is 2. The maximum absolute atomic E-state index is 13.6. The molecule has 0 aromatic heterocycles. The number of esters is 2. The van der Waals surface area contributed by atoms with E-state index in [1.165, 1.54) is 0 Å². The molecule has 2 aliphatic carbocycles. The average molecular weight is 521 g/mol. The smallest absolute Gasteiger partial charge is 0.310 e. The fourth-order valence-corrected chi connectivity index (χ4v) is 8.45. The highest BCUT2D eigenvalue weighted by atomic mass is 16.7. The van der Waals surface area contributed by atoms with Gasteiger partial charge >= 0.3 is 11.9 Å². The van der Waals surface area contributed by atoms with Gasteiger partial charge in [0.2, 0.25) is 0 Å². The second-order valence-corrected chi connectivity index (χ2v) is 14.1. The number of allylic oxidation sites excluding steroid dienone is 2. The number of carbonyl (C=O) groups is 2. The van der Waals surface area contributed by atoms with Crippen molar-refractivity contribution >= 4 is 11.9 Å². The molecule has 2 saturated heterocycles. The Balaban J connectivity index is 1.46. The molecule has 2 bridgehead atoms. The monoisotopic (exact) mass is 520 g/mol. The largest absolute Gasteiger partial charge is 0.462 e. The van der Waals surface area contributed by atoms with Crippen LogP contribution in [-0.4, -0.2) is 70.6 Å². The molecular formula is C29H48N2O6. The minimum atomic E-state index is -0.491. The zero-order valence-corrected chi connectivity index (χ0v) is 24.5. The Morgan fingerprint density at radius 2 is 0.919 bits per heavy atom. The summed E-state index contributed by atoms with van der Waals surface area (Å²) in [6.45, 7) is 16.9. The molecule has 0 radical (unpaired) electrons. The molecule has 8 heteroatoms. The third kappa shape index (κ3) is 5.23. The van der Waals surface area contributed by atoms with Crippen LogP contribution in [0.3, 0.4) is 0 Å². The van der Waals surface area contributed by atoms with E-state index in [-0.39, 0.29) is 58.1 Å². The second kappa shape index (κ2) is 9.61. The lowest BCUT2D eigenvalue weighted by Gasteiger charge is -2.53. The number of hydrogen-bond donors (Lipinski definition) is 0. The Bertz CT molecular complexity index is 817. The fraction of sp³-hybridized carbons (Fsp3) is 0.862. The van der Waals surface area contributed by atoms with Gasteiger partial charge in [-0.25, -0.2) is 0 Å². The van der Waals surface area contributed by atoms with Gasteiger partial charge in [0.25, 0.3) is 0 Å². The Kier molecular flexibility index (Phi) is 7.41. The van der Waals surface area contributed by atoms with Gasteiger partial charge < -0.3 is 19.1 Å². The van der Waals surface area contributed by atoms with Crippen LogP contribution in [0.25, 0.3) is 0 Å². The van der Waals surface area contributed by atoms with E-state index >= 15 is 0 Å². The van der Waals surface area contributed by atoms with E-state index in [9.17, 15) is 9.59 Å².